The Morgan fingerprint density at radius 1 is 0.952 bits per heavy atom. The number of carbonyl (C=O) groups excluding carboxylic acids is 2. The molecular formula is C31H33FN6O4. The number of hydrogen-bond acceptors (Lipinski definition) is 8. The van der Waals surface area contributed by atoms with Crippen LogP contribution in [0, 0.1) is 12.7 Å². The third kappa shape index (κ3) is 8.48. The fourth-order valence-corrected chi connectivity index (χ4v) is 3.99. The number of halogens is 1. The zero-order valence-electron chi connectivity index (χ0n) is 23.9. The molecule has 4 aromatic rings. The predicted octanol–water partition coefficient (Wildman–Crippen LogP) is 6.00. The maximum Gasteiger partial charge on any atom is 0.259 e. The van der Waals surface area contributed by atoms with E-state index < -0.39 is 11.7 Å². The molecule has 2 amide bonds. The molecule has 0 saturated heterocycles. The molecule has 0 unspecified atom stereocenters. The van der Waals surface area contributed by atoms with Crippen molar-refractivity contribution < 1.29 is 23.5 Å². The molecule has 0 aliphatic carbocycles. The summed E-state index contributed by atoms with van der Waals surface area (Å²) >= 11 is 0. The van der Waals surface area contributed by atoms with E-state index in [1.807, 2.05) is 32.0 Å². The van der Waals surface area contributed by atoms with Crippen LogP contribution >= 0.6 is 0 Å². The summed E-state index contributed by atoms with van der Waals surface area (Å²) in [6, 6.07) is 16.1. The first-order valence-corrected chi connectivity index (χ1v) is 13.3. The fourth-order valence-electron chi connectivity index (χ4n) is 3.99. The first kappa shape index (κ1) is 29.9. The van der Waals surface area contributed by atoms with Gasteiger partial charge in [-0.25, -0.2) is 14.4 Å². The highest BCUT2D eigenvalue weighted by Gasteiger charge is 2.16. The standard InChI is InChI=1S/C31H33FN6O4/c1-20-17-23(9-11-27(20)42-24-12-14-33-29(19-24)35-21(2)39)36-30-25(7-5-13-34-30)31(40)37-26-10-8-22(32)18-28(26)41-16-6-15-38(3)4/h5,7-14,17-19H,6,15-16H2,1-4H3,(H,34,36)(H,37,40)(H,33,35,39). The summed E-state index contributed by atoms with van der Waals surface area (Å²) in [6.45, 7) is 4.49. The van der Waals surface area contributed by atoms with Gasteiger partial charge >= 0.3 is 0 Å². The number of amides is 2. The second kappa shape index (κ2) is 14.0. The van der Waals surface area contributed by atoms with E-state index in [2.05, 4.69) is 25.9 Å². The van der Waals surface area contributed by atoms with E-state index >= 15 is 0 Å². The van der Waals surface area contributed by atoms with E-state index in [-0.39, 0.29) is 11.7 Å². The minimum atomic E-state index is -0.459. The van der Waals surface area contributed by atoms with Gasteiger partial charge in [-0.15, -0.1) is 0 Å². The number of rotatable bonds is 12. The highest BCUT2D eigenvalue weighted by molar-refractivity contribution is 6.08. The molecule has 3 N–H and O–H groups in total. The molecule has 0 aliphatic rings. The first-order chi connectivity index (χ1) is 20.2. The number of pyridine rings is 2. The van der Waals surface area contributed by atoms with E-state index in [4.69, 9.17) is 9.47 Å². The van der Waals surface area contributed by atoms with Crippen LogP contribution in [0.1, 0.15) is 29.3 Å². The molecular weight excluding hydrogens is 539 g/mol. The number of hydrogen-bond donors (Lipinski definition) is 3. The highest BCUT2D eigenvalue weighted by Crippen LogP contribution is 2.31. The van der Waals surface area contributed by atoms with Gasteiger partial charge < -0.3 is 30.3 Å². The van der Waals surface area contributed by atoms with Gasteiger partial charge in [0.2, 0.25) is 5.91 Å². The molecule has 11 heteroatoms. The number of aryl methyl sites for hydroxylation is 1. The number of carbonyl (C=O) groups is 2. The van der Waals surface area contributed by atoms with Crippen molar-refractivity contribution in [2.45, 2.75) is 20.3 Å². The summed E-state index contributed by atoms with van der Waals surface area (Å²) in [5.41, 5.74) is 2.16. The topological polar surface area (TPSA) is 118 Å². The Morgan fingerprint density at radius 2 is 1.79 bits per heavy atom. The van der Waals surface area contributed by atoms with Crippen LogP contribution in [0.2, 0.25) is 0 Å². The normalized spacial score (nSPS) is 10.7. The third-order valence-electron chi connectivity index (χ3n) is 5.95. The van der Waals surface area contributed by atoms with Crippen molar-refractivity contribution in [1.82, 2.24) is 14.9 Å². The van der Waals surface area contributed by atoms with Gasteiger partial charge in [0.1, 0.15) is 34.7 Å². The highest BCUT2D eigenvalue weighted by atomic mass is 19.1. The lowest BCUT2D eigenvalue weighted by molar-refractivity contribution is -0.114. The molecule has 0 bridgehead atoms. The van der Waals surface area contributed by atoms with E-state index in [0.29, 0.717) is 46.7 Å². The van der Waals surface area contributed by atoms with E-state index in [0.717, 1.165) is 18.5 Å². The smallest absolute Gasteiger partial charge is 0.259 e. The third-order valence-corrected chi connectivity index (χ3v) is 5.95. The van der Waals surface area contributed by atoms with Gasteiger partial charge in [0.05, 0.1) is 17.9 Å². The second-order valence-electron chi connectivity index (χ2n) is 9.76. The summed E-state index contributed by atoms with van der Waals surface area (Å²) < 4.78 is 25.7. The lowest BCUT2D eigenvalue weighted by Crippen LogP contribution is -2.17. The van der Waals surface area contributed by atoms with Crippen molar-refractivity contribution in [1.29, 1.82) is 0 Å². The lowest BCUT2D eigenvalue weighted by atomic mass is 10.1. The summed E-state index contributed by atoms with van der Waals surface area (Å²) in [4.78, 5) is 35.1. The summed E-state index contributed by atoms with van der Waals surface area (Å²) in [6.07, 6.45) is 3.87. The second-order valence-corrected chi connectivity index (χ2v) is 9.76. The van der Waals surface area contributed by atoms with Gasteiger partial charge in [-0.2, -0.15) is 0 Å². The van der Waals surface area contributed by atoms with Crippen molar-refractivity contribution in [3.8, 4) is 17.2 Å². The summed E-state index contributed by atoms with van der Waals surface area (Å²) in [7, 11) is 3.93. The van der Waals surface area contributed by atoms with Crippen LogP contribution in [0.15, 0.2) is 73.1 Å². The Kier molecular flexibility index (Phi) is 10.0. The number of nitrogens with zero attached hydrogens (tertiary/aromatic N) is 3. The molecule has 0 radical (unpaired) electrons. The summed E-state index contributed by atoms with van der Waals surface area (Å²) in [5.74, 6) is 0.991. The maximum absolute atomic E-state index is 13.9. The summed E-state index contributed by atoms with van der Waals surface area (Å²) in [5, 5.41) is 8.65. The largest absolute Gasteiger partial charge is 0.491 e. The monoisotopic (exact) mass is 572 g/mol. The molecule has 2 heterocycles. The van der Waals surface area contributed by atoms with E-state index in [1.165, 1.54) is 25.1 Å². The maximum atomic E-state index is 13.9. The predicted molar refractivity (Wildman–Crippen MR) is 160 cm³/mol. The lowest BCUT2D eigenvalue weighted by Gasteiger charge is -2.16. The molecule has 4 rings (SSSR count). The zero-order chi connectivity index (χ0) is 30.1. The SMILES string of the molecule is CC(=O)Nc1cc(Oc2ccc(Nc3ncccc3C(=O)Nc3ccc(F)cc3OCCCN(C)C)cc2C)ccn1. The average Bonchev–Trinajstić information content (AvgIpc) is 2.94. The van der Waals surface area contributed by atoms with E-state index in [1.54, 1.807) is 48.8 Å². The van der Waals surface area contributed by atoms with Crippen molar-refractivity contribution in [3.05, 3.63) is 90.0 Å². The van der Waals surface area contributed by atoms with Crippen LogP contribution in [-0.4, -0.2) is 53.9 Å². The minimum absolute atomic E-state index is 0.226. The minimum Gasteiger partial charge on any atom is -0.491 e. The van der Waals surface area contributed by atoms with Gasteiger partial charge in [0, 0.05) is 43.7 Å². The number of ether oxygens (including phenoxy) is 2. The number of aromatic nitrogens is 2. The molecule has 0 fully saturated rings. The molecule has 2 aromatic heterocycles. The van der Waals surface area contributed by atoms with E-state index in [9.17, 15) is 14.0 Å². The van der Waals surface area contributed by atoms with Crippen LogP contribution in [0.4, 0.5) is 27.4 Å². The van der Waals surface area contributed by atoms with Gasteiger partial charge in [0.15, 0.2) is 0 Å². The number of nitrogens with one attached hydrogen (secondary N) is 3. The molecule has 0 saturated carbocycles. The molecule has 0 atom stereocenters. The van der Waals surface area contributed by atoms with Crippen molar-refractivity contribution in [3.63, 3.8) is 0 Å². The molecule has 218 valence electrons. The Bertz CT molecular complexity index is 1560. The Balaban J connectivity index is 1.46. The number of anilines is 4. The van der Waals surface area contributed by atoms with Gasteiger partial charge in [-0.05, 0) is 81.5 Å². The Morgan fingerprint density at radius 3 is 2.55 bits per heavy atom. The molecule has 10 nitrogen and oxygen atoms in total. The van der Waals surface area contributed by atoms with Crippen LogP contribution in [0.25, 0.3) is 0 Å². The molecule has 2 aromatic carbocycles. The first-order valence-electron chi connectivity index (χ1n) is 13.3. The van der Waals surface area contributed by atoms with Crippen LogP contribution < -0.4 is 25.4 Å². The Labute approximate surface area is 243 Å². The molecule has 42 heavy (non-hydrogen) atoms. The average molecular weight is 573 g/mol. The van der Waals surface area contributed by atoms with Crippen molar-refractivity contribution >= 4 is 34.8 Å². The number of benzene rings is 2. The quantitative estimate of drug-likeness (QED) is 0.177. The van der Waals surface area contributed by atoms with Crippen molar-refractivity contribution in [2.24, 2.45) is 0 Å². The zero-order valence-corrected chi connectivity index (χ0v) is 23.9. The Hall–Kier alpha value is -5.03. The van der Waals surface area contributed by atoms with Crippen LogP contribution in [0.5, 0.6) is 17.2 Å². The van der Waals surface area contributed by atoms with Crippen LogP contribution in [0.3, 0.4) is 0 Å². The van der Waals surface area contributed by atoms with Gasteiger partial charge in [-0.1, -0.05) is 0 Å². The molecule has 0 aliphatic heterocycles. The molecule has 0 spiro atoms. The van der Waals surface area contributed by atoms with Gasteiger partial charge in [0.25, 0.3) is 5.91 Å². The fraction of sp³-hybridized carbons (Fsp3) is 0.226. The van der Waals surface area contributed by atoms with Crippen molar-refractivity contribution in [2.75, 3.05) is 43.2 Å². The van der Waals surface area contributed by atoms with Crippen LogP contribution in [-0.2, 0) is 4.79 Å². The van der Waals surface area contributed by atoms with Gasteiger partial charge in [-0.3, -0.25) is 9.59 Å².